The lowest BCUT2D eigenvalue weighted by Gasteiger charge is -2.42. The molecular formula is C11H25N. The third kappa shape index (κ3) is 3.57. The molecule has 0 heterocycles. The van der Waals surface area contributed by atoms with Crippen LogP contribution in [0.4, 0.5) is 0 Å². The van der Waals surface area contributed by atoms with Crippen molar-refractivity contribution in [3.63, 3.8) is 0 Å². The lowest BCUT2D eigenvalue weighted by atomic mass is 9.68. The fourth-order valence-electron chi connectivity index (χ4n) is 1.37. The Kier molecular flexibility index (Phi) is 3.01. The highest BCUT2D eigenvalue weighted by atomic mass is 14.8. The Bertz CT molecular complexity index is 143. The van der Waals surface area contributed by atoms with Crippen molar-refractivity contribution in [2.75, 3.05) is 0 Å². The van der Waals surface area contributed by atoms with Crippen LogP contribution < -0.4 is 5.73 Å². The van der Waals surface area contributed by atoms with Gasteiger partial charge >= 0.3 is 0 Å². The van der Waals surface area contributed by atoms with Crippen LogP contribution in [0, 0.1) is 10.8 Å². The zero-order chi connectivity index (χ0) is 10.2. The molecule has 0 spiro atoms. The van der Waals surface area contributed by atoms with Gasteiger partial charge in [-0.3, -0.25) is 0 Å². The van der Waals surface area contributed by atoms with Gasteiger partial charge in [-0.25, -0.2) is 0 Å². The summed E-state index contributed by atoms with van der Waals surface area (Å²) < 4.78 is 0. The van der Waals surface area contributed by atoms with Crippen LogP contribution in [0.1, 0.15) is 54.9 Å². The van der Waals surface area contributed by atoms with Gasteiger partial charge in [-0.05, 0) is 24.2 Å². The second kappa shape index (κ2) is 3.02. The topological polar surface area (TPSA) is 26.0 Å². The zero-order valence-electron chi connectivity index (χ0n) is 9.78. The minimum Gasteiger partial charge on any atom is -0.325 e. The summed E-state index contributed by atoms with van der Waals surface area (Å²) in [6, 6.07) is 0. The molecule has 1 heteroatoms. The van der Waals surface area contributed by atoms with Crippen molar-refractivity contribution < 1.29 is 0 Å². The minimum atomic E-state index is -0.0781. The van der Waals surface area contributed by atoms with Gasteiger partial charge in [-0.15, -0.1) is 0 Å². The highest BCUT2D eigenvalue weighted by Gasteiger charge is 2.36. The van der Waals surface area contributed by atoms with E-state index in [4.69, 9.17) is 5.73 Å². The molecule has 12 heavy (non-hydrogen) atoms. The second-order valence-electron chi connectivity index (χ2n) is 6.40. The molecule has 2 N–H and O–H groups in total. The van der Waals surface area contributed by atoms with Crippen molar-refractivity contribution in [1.82, 2.24) is 0 Å². The Hall–Kier alpha value is -0.0400. The predicted molar refractivity (Wildman–Crippen MR) is 56.1 cm³/mol. The first-order valence-corrected chi connectivity index (χ1v) is 4.75. The molecule has 0 unspecified atom stereocenters. The Labute approximate surface area is 77.7 Å². The summed E-state index contributed by atoms with van der Waals surface area (Å²) in [4.78, 5) is 0. The first kappa shape index (κ1) is 12.0. The molecule has 0 amide bonds. The van der Waals surface area contributed by atoms with Gasteiger partial charge in [0.1, 0.15) is 0 Å². The van der Waals surface area contributed by atoms with Gasteiger partial charge in [0.25, 0.3) is 0 Å². The normalized spacial score (nSPS) is 19.0. The van der Waals surface area contributed by atoms with Crippen molar-refractivity contribution >= 4 is 0 Å². The fraction of sp³-hybridized carbons (Fsp3) is 1.00. The van der Waals surface area contributed by atoms with Crippen molar-refractivity contribution in [2.45, 2.75) is 60.4 Å². The maximum absolute atomic E-state index is 6.28. The molecule has 0 rings (SSSR count). The van der Waals surface area contributed by atoms with E-state index in [9.17, 15) is 0 Å². The minimum absolute atomic E-state index is 0.0781. The SMILES string of the molecule is CC(C)(C)C[C@@](C)(N)C(C)(C)C. The fourth-order valence-corrected chi connectivity index (χ4v) is 1.37. The lowest BCUT2D eigenvalue weighted by molar-refractivity contribution is 0.141. The van der Waals surface area contributed by atoms with Gasteiger partial charge < -0.3 is 5.73 Å². The molecule has 0 saturated carbocycles. The Morgan fingerprint density at radius 2 is 1.17 bits per heavy atom. The third-order valence-corrected chi connectivity index (χ3v) is 2.61. The van der Waals surface area contributed by atoms with Gasteiger partial charge in [0.15, 0.2) is 0 Å². The molecule has 1 atom stereocenters. The third-order valence-electron chi connectivity index (χ3n) is 2.61. The number of hydrogen-bond donors (Lipinski definition) is 1. The van der Waals surface area contributed by atoms with Gasteiger partial charge in [-0.2, -0.15) is 0 Å². The van der Waals surface area contributed by atoms with Crippen LogP contribution in [0.5, 0.6) is 0 Å². The summed E-state index contributed by atoms with van der Waals surface area (Å²) in [5.41, 5.74) is 6.70. The quantitative estimate of drug-likeness (QED) is 0.644. The Morgan fingerprint density at radius 3 is 1.25 bits per heavy atom. The van der Waals surface area contributed by atoms with E-state index in [1.807, 2.05) is 0 Å². The van der Waals surface area contributed by atoms with Gasteiger partial charge in [0.2, 0.25) is 0 Å². The second-order valence-corrected chi connectivity index (χ2v) is 6.40. The predicted octanol–water partition coefficient (Wildman–Crippen LogP) is 3.19. The summed E-state index contributed by atoms with van der Waals surface area (Å²) in [5.74, 6) is 0. The molecule has 0 saturated heterocycles. The van der Waals surface area contributed by atoms with Crippen LogP contribution >= 0.6 is 0 Å². The average Bonchev–Trinajstić information content (AvgIpc) is 1.52. The van der Waals surface area contributed by atoms with Crippen molar-refractivity contribution in [3.8, 4) is 0 Å². The van der Waals surface area contributed by atoms with E-state index in [0.29, 0.717) is 5.41 Å². The molecule has 0 bridgehead atoms. The van der Waals surface area contributed by atoms with Crippen LogP contribution in [0.3, 0.4) is 0 Å². The molecule has 1 nitrogen and oxygen atoms in total. The van der Waals surface area contributed by atoms with Crippen molar-refractivity contribution in [3.05, 3.63) is 0 Å². The van der Waals surface area contributed by atoms with Crippen LogP contribution in [0.15, 0.2) is 0 Å². The van der Waals surface area contributed by atoms with E-state index in [1.165, 1.54) is 0 Å². The molecular weight excluding hydrogens is 146 g/mol. The number of nitrogens with two attached hydrogens (primary N) is 1. The molecule has 0 aliphatic carbocycles. The van der Waals surface area contributed by atoms with Gasteiger partial charge in [0, 0.05) is 5.54 Å². The van der Waals surface area contributed by atoms with Gasteiger partial charge in [0.05, 0.1) is 0 Å². The van der Waals surface area contributed by atoms with E-state index < -0.39 is 0 Å². The van der Waals surface area contributed by atoms with E-state index in [2.05, 4.69) is 48.5 Å². The summed E-state index contributed by atoms with van der Waals surface area (Å²) in [6.45, 7) is 15.5. The molecule has 0 aromatic rings. The lowest BCUT2D eigenvalue weighted by Crippen LogP contribution is -2.50. The highest BCUT2D eigenvalue weighted by molar-refractivity contribution is 4.93. The smallest absolute Gasteiger partial charge is 0.0179 e. The summed E-state index contributed by atoms with van der Waals surface area (Å²) >= 11 is 0. The van der Waals surface area contributed by atoms with E-state index in [0.717, 1.165) is 6.42 Å². The molecule has 0 aromatic heterocycles. The number of rotatable bonds is 1. The zero-order valence-corrected chi connectivity index (χ0v) is 9.78. The standard InChI is InChI=1S/C11H25N/c1-9(2,3)8-11(7,12)10(4,5)6/h8,12H2,1-7H3/t11-/m1/s1. The molecule has 0 aromatic carbocycles. The van der Waals surface area contributed by atoms with E-state index in [-0.39, 0.29) is 11.0 Å². The van der Waals surface area contributed by atoms with E-state index in [1.54, 1.807) is 0 Å². The van der Waals surface area contributed by atoms with E-state index >= 15 is 0 Å². The summed E-state index contributed by atoms with van der Waals surface area (Å²) in [6.07, 6.45) is 1.06. The molecule has 0 radical (unpaired) electrons. The monoisotopic (exact) mass is 171 g/mol. The summed E-state index contributed by atoms with van der Waals surface area (Å²) in [7, 11) is 0. The molecule has 0 aliphatic rings. The first-order valence-electron chi connectivity index (χ1n) is 4.75. The van der Waals surface area contributed by atoms with Crippen molar-refractivity contribution in [2.24, 2.45) is 16.6 Å². The van der Waals surface area contributed by atoms with Crippen molar-refractivity contribution in [1.29, 1.82) is 0 Å². The van der Waals surface area contributed by atoms with Crippen LogP contribution in [0.25, 0.3) is 0 Å². The first-order chi connectivity index (χ1) is 4.96. The maximum Gasteiger partial charge on any atom is 0.0179 e. The average molecular weight is 171 g/mol. The van der Waals surface area contributed by atoms with Crippen LogP contribution in [-0.2, 0) is 0 Å². The maximum atomic E-state index is 6.28. The largest absolute Gasteiger partial charge is 0.325 e. The highest BCUT2D eigenvalue weighted by Crippen LogP contribution is 2.37. The molecule has 74 valence electrons. The number of hydrogen-bond acceptors (Lipinski definition) is 1. The van der Waals surface area contributed by atoms with Crippen LogP contribution in [-0.4, -0.2) is 5.54 Å². The van der Waals surface area contributed by atoms with Gasteiger partial charge in [-0.1, -0.05) is 41.5 Å². The molecule has 0 aliphatic heterocycles. The summed E-state index contributed by atoms with van der Waals surface area (Å²) in [5, 5.41) is 0. The Balaban J connectivity index is 4.44. The van der Waals surface area contributed by atoms with Crippen LogP contribution in [0.2, 0.25) is 0 Å². The Morgan fingerprint density at radius 1 is 0.833 bits per heavy atom. The molecule has 0 fully saturated rings.